The van der Waals surface area contributed by atoms with Gasteiger partial charge >= 0.3 is 0 Å². The van der Waals surface area contributed by atoms with E-state index in [0.717, 1.165) is 6.42 Å². The molecule has 0 aromatic rings. The predicted molar refractivity (Wildman–Crippen MR) is 46.7 cm³/mol. The fourth-order valence-corrected chi connectivity index (χ4v) is 1.78. The normalized spacial score (nSPS) is 34.1. The molecule has 1 rings (SSSR count). The summed E-state index contributed by atoms with van der Waals surface area (Å²) in [6.45, 7) is 4.36. The van der Waals surface area contributed by atoms with Gasteiger partial charge in [0.15, 0.2) is 0 Å². The van der Waals surface area contributed by atoms with Crippen LogP contribution in [0.25, 0.3) is 0 Å². The molecule has 0 amide bonds. The van der Waals surface area contributed by atoms with Gasteiger partial charge in [0.25, 0.3) is 0 Å². The summed E-state index contributed by atoms with van der Waals surface area (Å²) in [5.41, 5.74) is 0. The molecule has 1 fully saturated rings. The molecule has 1 aliphatic rings. The monoisotopic (exact) mass is 157 g/mol. The predicted octanol–water partition coefficient (Wildman–Crippen LogP) is 1.55. The van der Waals surface area contributed by atoms with Gasteiger partial charge in [-0.05, 0) is 33.2 Å². The number of hydrogen-bond acceptors (Lipinski definition) is 2. The first-order valence-corrected chi connectivity index (χ1v) is 4.60. The molecule has 0 saturated carbocycles. The first kappa shape index (κ1) is 9.01. The van der Waals surface area contributed by atoms with Crippen molar-refractivity contribution in [3.63, 3.8) is 0 Å². The van der Waals surface area contributed by atoms with Crippen molar-refractivity contribution in [2.24, 2.45) is 0 Å². The molecule has 1 saturated heterocycles. The van der Waals surface area contributed by atoms with E-state index in [1.807, 2.05) is 7.05 Å². The van der Waals surface area contributed by atoms with E-state index in [2.05, 4.69) is 19.2 Å². The Balaban J connectivity index is 2.34. The summed E-state index contributed by atoms with van der Waals surface area (Å²) in [5.74, 6) is 0. The topological polar surface area (TPSA) is 21.3 Å². The van der Waals surface area contributed by atoms with Crippen LogP contribution in [-0.2, 0) is 4.74 Å². The summed E-state index contributed by atoms with van der Waals surface area (Å²) >= 11 is 0. The first-order chi connectivity index (χ1) is 5.27. The molecule has 1 aliphatic heterocycles. The Kier molecular flexibility index (Phi) is 3.34. The summed E-state index contributed by atoms with van der Waals surface area (Å²) in [4.78, 5) is 0. The van der Waals surface area contributed by atoms with E-state index in [1.165, 1.54) is 12.8 Å². The van der Waals surface area contributed by atoms with Crippen LogP contribution in [0.2, 0.25) is 0 Å². The molecule has 0 bridgehead atoms. The number of rotatable bonds is 3. The van der Waals surface area contributed by atoms with Crippen LogP contribution in [0.5, 0.6) is 0 Å². The second kappa shape index (κ2) is 4.07. The zero-order valence-corrected chi connectivity index (χ0v) is 7.76. The fourth-order valence-electron chi connectivity index (χ4n) is 1.78. The van der Waals surface area contributed by atoms with Crippen LogP contribution in [0.15, 0.2) is 0 Å². The van der Waals surface area contributed by atoms with Gasteiger partial charge in [0.05, 0.1) is 12.2 Å². The highest BCUT2D eigenvalue weighted by Gasteiger charge is 2.27. The van der Waals surface area contributed by atoms with Crippen LogP contribution in [0.3, 0.4) is 0 Å². The fraction of sp³-hybridized carbons (Fsp3) is 1.00. The number of likely N-dealkylation sites (N-methyl/N-ethyl adjacent to an activating group) is 1. The third-order valence-electron chi connectivity index (χ3n) is 2.52. The van der Waals surface area contributed by atoms with Gasteiger partial charge in [-0.2, -0.15) is 0 Å². The quantitative estimate of drug-likeness (QED) is 0.671. The molecule has 1 N–H and O–H groups in total. The second-order valence-corrected chi connectivity index (χ2v) is 3.37. The SMILES string of the molecule is CCC(NC)C1CCC(C)O1. The lowest BCUT2D eigenvalue weighted by Crippen LogP contribution is -2.36. The Bertz CT molecular complexity index is 112. The molecule has 2 heteroatoms. The number of hydrogen-bond donors (Lipinski definition) is 1. The maximum atomic E-state index is 5.74. The average molecular weight is 157 g/mol. The van der Waals surface area contributed by atoms with Crippen molar-refractivity contribution in [2.45, 2.75) is 51.4 Å². The van der Waals surface area contributed by atoms with Crippen LogP contribution in [0, 0.1) is 0 Å². The molecule has 11 heavy (non-hydrogen) atoms. The zero-order chi connectivity index (χ0) is 8.27. The van der Waals surface area contributed by atoms with Gasteiger partial charge in [0.1, 0.15) is 0 Å². The smallest absolute Gasteiger partial charge is 0.0732 e. The highest BCUT2D eigenvalue weighted by molar-refractivity contribution is 4.80. The molecule has 3 atom stereocenters. The van der Waals surface area contributed by atoms with E-state index in [4.69, 9.17) is 4.74 Å². The largest absolute Gasteiger partial charge is 0.374 e. The highest BCUT2D eigenvalue weighted by atomic mass is 16.5. The maximum Gasteiger partial charge on any atom is 0.0732 e. The zero-order valence-electron chi connectivity index (χ0n) is 7.76. The van der Waals surface area contributed by atoms with Crippen molar-refractivity contribution >= 4 is 0 Å². The molecule has 0 aromatic heterocycles. The van der Waals surface area contributed by atoms with E-state index in [1.54, 1.807) is 0 Å². The van der Waals surface area contributed by atoms with Crippen molar-refractivity contribution < 1.29 is 4.74 Å². The number of ether oxygens (including phenoxy) is 1. The minimum absolute atomic E-state index is 0.458. The molecular weight excluding hydrogens is 138 g/mol. The summed E-state index contributed by atoms with van der Waals surface area (Å²) in [6.07, 6.45) is 4.54. The van der Waals surface area contributed by atoms with Crippen LogP contribution in [0.1, 0.15) is 33.1 Å². The highest BCUT2D eigenvalue weighted by Crippen LogP contribution is 2.22. The van der Waals surface area contributed by atoms with Crippen LogP contribution in [-0.4, -0.2) is 25.3 Å². The molecule has 0 aromatic carbocycles. The molecular formula is C9H19NO. The molecule has 0 spiro atoms. The summed E-state index contributed by atoms with van der Waals surface area (Å²) < 4.78 is 5.74. The Morgan fingerprint density at radius 3 is 2.64 bits per heavy atom. The van der Waals surface area contributed by atoms with Gasteiger partial charge in [-0.15, -0.1) is 0 Å². The van der Waals surface area contributed by atoms with Gasteiger partial charge in [-0.3, -0.25) is 0 Å². The van der Waals surface area contributed by atoms with E-state index in [-0.39, 0.29) is 0 Å². The Morgan fingerprint density at radius 2 is 2.27 bits per heavy atom. The lowest BCUT2D eigenvalue weighted by atomic mass is 10.1. The van der Waals surface area contributed by atoms with E-state index in [9.17, 15) is 0 Å². The van der Waals surface area contributed by atoms with E-state index >= 15 is 0 Å². The van der Waals surface area contributed by atoms with Gasteiger partial charge in [-0.25, -0.2) is 0 Å². The Hall–Kier alpha value is -0.0800. The van der Waals surface area contributed by atoms with Crippen molar-refractivity contribution in [1.82, 2.24) is 5.32 Å². The van der Waals surface area contributed by atoms with Crippen LogP contribution < -0.4 is 5.32 Å². The van der Waals surface area contributed by atoms with Crippen LogP contribution >= 0.6 is 0 Å². The van der Waals surface area contributed by atoms with Gasteiger partial charge in [0.2, 0.25) is 0 Å². The maximum absolute atomic E-state index is 5.74. The van der Waals surface area contributed by atoms with Crippen molar-refractivity contribution in [2.75, 3.05) is 7.05 Å². The molecule has 3 unspecified atom stereocenters. The van der Waals surface area contributed by atoms with Gasteiger partial charge in [-0.1, -0.05) is 6.92 Å². The molecule has 1 heterocycles. The van der Waals surface area contributed by atoms with E-state index < -0.39 is 0 Å². The molecule has 2 nitrogen and oxygen atoms in total. The van der Waals surface area contributed by atoms with Gasteiger partial charge < -0.3 is 10.1 Å². The van der Waals surface area contributed by atoms with Crippen molar-refractivity contribution in [3.05, 3.63) is 0 Å². The van der Waals surface area contributed by atoms with Crippen molar-refractivity contribution in [1.29, 1.82) is 0 Å². The Labute approximate surface area is 69.3 Å². The second-order valence-electron chi connectivity index (χ2n) is 3.37. The minimum Gasteiger partial charge on any atom is -0.374 e. The average Bonchev–Trinajstić information content (AvgIpc) is 2.39. The van der Waals surface area contributed by atoms with Crippen LogP contribution in [0.4, 0.5) is 0 Å². The lowest BCUT2D eigenvalue weighted by Gasteiger charge is -2.21. The standard InChI is InChI=1S/C9H19NO/c1-4-8(10-3)9-6-5-7(2)11-9/h7-10H,4-6H2,1-3H3. The third kappa shape index (κ3) is 2.17. The Morgan fingerprint density at radius 1 is 1.55 bits per heavy atom. The number of nitrogens with one attached hydrogen (secondary N) is 1. The summed E-state index contributed by atoms with van der Waals surface area (Å²) in [5, 5.41) is 3.29. The molecule has 66 valence electrons. The van der Waals surface area contributed by atoms with E-state index in [0.29, 0.717) is 18.2 Å². The van der Waals surface area contributed by atoms with Crippen molar-refractivity contribution in [3.8, 4) is 0 Å². The minimum atomic E-state index is 0.458. The van der Waals surface area contributed by atoms with Gasteiger partial charge in [0, 0.05) is 6.04 Å². The third-order valence-corrected chi connectivity index (χ3v) is 2.52. The molecule has 0 radical (unpaired) electrons. The molecule has 0 aliphatic carbocycles. The summed E-state index contributed by atoms with van der Waals surface area (Å²) in [6, 6.07) is 0.556. The lowest BCUT2D eigenvalue weighted by molar-refractivity contribution is 0.0329. The first-order valence-electron chi connectivity index (χ1n) is 4.60. The summed E-state index contributed by atoms with van der Waals surface area (Å²) in [7, 11) is 2.01.